The number of hydrogen-bond donors (Lipinski definition) is 0. The molecule has 0 N–H and O–H groups in total. The summed E-state index contributed by atoms with van der Waals surface area (Å²) in [7, 11) is 1.65. The molecule has 0 spiro atoms. The zero-order valence-corrected chi connectivity index (χ0v) is 11.9. The van der Waals surface area contributed by atoms with Crippen molar-refractivity contribution in [2.75, 3.05) is 7.11 Å². The van der Waals surface area contributed by atoms with E-state index >= 15 is 0 Å². The van der Waals surface area contributed by atoms with Crippen molar-refractivity contribution >= 4 is 34.0 Å². The molecule has 3 aromatic rings. The van der Waals surface area contributed by atoms with E-state index in [1.807, 2.05) is 35.7 Å². The van der Waals surface area contributed by atoms with Crippen molar-refractivity contribution < 1.29 is 9.15 Å². The van der Waals surface area contributed by atoms with Crippen LogP contribution < -0.4 is 4.74 Å². The Hall–Kier alpha value is -1.52. The number of hydrogen-bond acceptors (Lipinski definition) is 4. The van der Waals surface area contributed by atoms with Crippen LogP contribution >= 0.6 is 22.9 Å². The van der Waals surface area contributed by atoms with E-state index in [4.69, 9.17) is 20.8 Å². The average molecular weight is 294 g/mol. The average Bonchev–Trinajstić information content (AvgIpc) is 3.04. The van der Waals surface area contributed by atoms with Gasteiger partial charge in [0.05, 0.1) is 12.5 Å². The fourth-order valence-electron chi connectivity index (χ4n) is 1.87. The van der Waals surface area contributed by atoms with Gasteiger partial charge in [0.25, 0.3) is 0 Å². The Labute approximate surface area is 119 Å². The summed E-state index contributed by atoms with van der Waals surface area (Å²) in [5.41, 5.74) is 1.66. The van der Waals surface area contributed by atoms with Crippen LogP contribution in [0.1, 0.15) is 16.1 Å². The van der Waals surface area contributed by atoms with Crippen LogP contribution in [-0.2, 0) is 6.42 Å². The van der Waals surface area contributed by atoms with E-state index in [1.165, 1.54) is 0 Å². The van der Waals surface area contributed by atoms with E-state index in [0.29, 0.717) is 12.3 Å². The number of para-hydroxylation sites is 2. The molecule has 0 bridgehead atoms. The molecule has 0 aliphatic rings. The molecule has 3 nitrogen and oxygen atoms in total. The second-order valence-corrected chi connectivity index (χ2v) is 5.61. The summed E-state index contributed by atoms with van der Waals surface area (Å²) < 4.78 is 10.8. The number of aromatic nitrogens is 1. The van der Waals surface area contributed by atoms with Gasteiger partial charge >= 0.3 is 0 Å². The summed E-state index contributed by atoms with van der Waals surface area (Å²) in [5.74, 6) is 1.50. The van der Waals surface area contributed by atoms with Crippen LogP contribution in [0.25, 0.3) is 11.1 Å². The number of halogens is 1. The number of methoxy groups -OCH3 is 1. The SMILES string of the molecule is COc1csc(C(Cl)Cc2nc3ccccc3o2)c1. The van der Waals surface area contributed by atoms with Crippen LogP contribution in [0.5, 0.6) is 5.75 Å². The van der Waals surface area contributed by atoms with Gasteiger partial charge in [-0.05, 0) is 18.2 Å². The van der Waals surface area contributed by atoms with Gasteiger partial charge < -0.3 is 9.15 Å². The predicted octanol–water partition coefficient (Wildman–Crippen LogP) is 4.42. The molecule has 2 heterocycles. The highest BCUT2D eigenvalue weighted by molar-refractivity contribution is 7.10. The minimum Gasteiger partial charge on any atom is -0.496 e. The van der Waals surface area contributed by atoms with E-state index in [2.05, 4.69) is 4.98 Å². The van der Waals surface area contributed by atoms with Crippen LogP contribution in [-0.4, -0.2) is 12.1 Å². The molecule has 5 heteroatoms. The van der Waals surface area contributed by atoms with Crippen molar-refractivity contribution in [2.45, 2.75) is 11.8 Å². The summed E-state index contributed by atoms with van der Waals surface area (Å²) in [6.07, 6.45) is 0.569. The Morgan fingerprint density at radius 1 is 1.42 bits per heavy atom. The number of fused-ring (bicyclic) bond motifs is 1. The first-order valence-corrected chi connectivity index (χ1v) is 7.19. The molecule has 2 aromatic heterocycles. The highest BCUT2D eigenvalue weighted by Crippen LogP contribution is 2.33. The van der Waals surface area contributed by atoms with Gasteiger partial charge in [-0.15, -0.1) is 22.9 Å². The van der Waals surface area contributed by atoms with Gasteiger partial charge in [-0.25, -0.2) is 4.98 Å². The molecule has 1 atom stereocenters. The number of oxazole rings is 1. The van der Waals surface area contributed by atoms with Gasteiger partial charge in [-0.2, -0.15) is 0 Å². The molecule has 1 aromatic carbocycles. The number of thiophene rings is 1. The van der Waals surface area contributed by atoms with Crippen LogP contribution in [0.3, 0.4) is 0 Å². The smallest absolute Gasteiger partial charge is 0.197 e. The molecule has 0 saturated carbocycles. The van der Waals surface area contributed by atoms with Crippen molar-refractivity contribution in [3.05, 3.63) is 46.5 Å². The van der Waals surface area contributed by atoms with Crippen LogP contribution in [0, 0.1) is 0 Å². The minimum atomic E-state index is -0.151. The zero-order chi connectivity index (χ0) is 13.2. The minimum absolute atomic E-state index is 0.151. The lowest BCUT2D eigenvalue weighted by molar-refractivity contribution is 0.416. The molecule has 3 rings (SSSR count). The molecule has 19 heavy (non-hydrogen) atoms. The molecule has 1 unspecified atom stereocenters. The Bertz CT molecular complexity index is 658. The first-order valence-electron chi connectivity index (χ1n) is 5.87. The molecule has 98 valence electrons. The van der Waals surface area contributed by atoms with Crippen molar-refractivity contribution in [2.24, 2.45) is 0 Å². The number of benzene rings is 1. The lowest BCUT2D eigenvalue weighted by Gasteiger charge is -2.02. The highest BCUT2D eigenvalue weighted by Gasteiger charge is 2.15. The van der Waals surface area contributed by atoms with Crippen LogP contribution in [0.15, 0.2) is 40.1 Å². The number of alkyl halides is 1. The van der Waals surface area contributed by atoms with Gasteiger partial charge in [0.15, 0.2) is 11.5 Å². The largest absolute Gasteiger partial charge is 0.496 e. The molecule has 0 radical (unpaired) electrons. The first-order chi connectivity index (χ1) is 9.26. The lowest BCUT2D eigenvalue weighted by Crippen LogP contribution is -1.93. The summed E-state index contributed by atoms with van der Waals surface area (Å²) in [5, 5.41) is 1.79. The van der Waals surface area contributed by atoms with E-state index < -0.39 is 0 Å². The summed E-state index contributed by atoms with van der Waals surface area (Å²) in [4.78, 5) is 5.48. The maximum Gasteiger partial charge on any atom is 0.197 e. The van der Waals surface area contributed by atoms with Crippen molar-refractivity contribution in [1.29, 1.82) is 0 Å². The lowest BCUT2D eigenvalue weighted by atomic mass is 10.2. The van der Waals surface area contributed by atoms with Gasteiger partial charge in [0.2, 0.25) is 0 Å². The molecular formula is C14H12ClNO2S. The van der Waals surface area contributed by atoms with E-state index in [-0.39, 0.29) is 5.38 Å². The van der Waals surface area contributed by atoms with Gasteiger partial charge in [0, 0.05) is 16.7 Å². The molecule has 0 aliphatic carbocycles. The summed E-state index contributed by atoms with van der Waals surface area (Å²) in [6, 6.07) is 9.66. The van der Waals surface area contributed by atoms with Gasteiger partial charge in [-0.1, -0.05) is 12.1 Å². The second kappa shape index (κ2) is 5.23. The van der Waals surface area contributed by atoms with Crippen molar-refractivity contribution in [3.8, 4) is 5.75 Å². The van der Waals surface area contributed by atoms with Crippen molar-refractivity contribution in [1.82, 2.24) is 4.98 Å². The standard InChI is InChI=1S/C14H12ClNO2S/c1-17-9-6-13(19-8-9)10(15)7-14-16-11-4-2-3-5-12(11)18-14/h2-6,8,10H,7H2,1H3. The monoisotopic (exact) mass is 293 g/mol. The van der Waals surface area contributed by atoms with E-state index in [0.717, 1.165) is 21.7 Å². The molecule has 0 fully saturated rings. The number of nitrogens with zero attached hydrogens (tertiary/aromatic N) is 1. The molecule has 0 aliphatic heterocycles. The zero-order valence-electron chi connectivity index (χ0n) is 10.3. The fourth-order valence-corrected chi connectivity index (χ4v) is 3.05. The normalized spacial score (nSPS) is 12.7. The predicted molar refractivity (Wildman–Crippen MR) is 77.2 cm³/mol. The maximum atomic E-state index is 6.39. The third kappa shape index (κ3) is 2.60. The summed E-state index contributed by atoms with van der Waals surface area (Å²) in [6.45, 7) is 0. The fraction of sp³-hybridized carbons (Fsp3) is 0.214. The molecule has 0 saturated heterocycles. The molecular weight excluding hydrogens is 282 g/mol. The van der Waals surface area contributed by atoms with Crippen LogP contribution in [0.4, 0.5) is 0 Å². The van der Waals surface area contributed by atoms with E-state index in [9.17, 15) is 0 Å². The Balaban J connectivity index is 1.80. The maximum absolute atomic E-state index is 6.39. The third-order valence-corrected chi connectivity index (χ3v) is 4.38. The van der Waals surface area contributed by atoms with Crippen molar-refractivity contribution in [3.63, 3.8) is 0 Å². The van der Waals surface area contributed by atoms with Gasteiger partial charge in [0.1, 0.15) is 11.3 Å². The topological polar surface area (TPSA) is 35.3 Å². The van der Waals surface area contributed by atoms with Gasteiger partial charge in [-0.3, -0.25) is 0 Å². The number of ether oxygens (including phenoxy) is 1. The van der Waals surface area contributed by atoms with Crippen LogP contribution in [0.2, 0.25) is 0 Å². The summed E-state index contributed by atoms with van der Waals surface area (Å²) >= 11 is 7.98. The highest BCUT2D eigenvalue weighted by atomic mass is 35.5. The Morgan fingerprint density at radius 2 is 2.26 bits per heavy atom. The first kappa shape index (κ1) is 12.5. The quantitative estimate of drug-likeness (QED) is 0.668. The second-order valence-electron chi connectivity index (χ2n) is 4.14. The molecule has 0 amide bonds. The number of rotatable bonds is 4. The third-order valence-electron chi connectivity index (χ3n) is 2.83. The Kier molecular flexibility index (Phi) is 3.44. The Morgan fingerprint density at radius 3 is 3.00 bits per heavy atom. The van der Waals surface area contributed by atoms with E-state index in [1.54, 1.807) is 18.4 Å².